The lowest BCUT2D eigenvalue weighted by Crippen LogP contribution is -2.41. The highest BCUT2D eigenvalue weighted by atomic mass is 16.6. The van der Waals surface area contributed by atoms with Crippen molar-refractivity contribution < 1.29 is 23.6 Å². The van der Waals surface area contributed by atoms with Gasteiger partial charge in [-0.15, -0.1) is 10.2 Å². The second kappa shape index (κ2) is 10.2. The second-order valence-corrected chi connectivity index (χ2v) is 10.0. The van der Waals surface area contributed by atoms with Crippen molar-refractivity contribution in [1.82, 2.24) is 29.8 Å². The number of amides is 2. The van der Waals surface area contributed by atoms with E-state index in [0.29, 0.717) is 53.1 Å². The number of anilines is 1. The molecule has 0 aliphatic carbocycles. The molecule has 39 heavy (non-hydrogen) atoms. The van der Waals surface area contributed by atoms with Crippen molar-refractivity contribution in [3.05, 3.63) is 59.6 Å². The molecule has 12 nitrogen and oxygen atoms in total. The molecule has 1 aliphatic heterocycles. The molecule has 12 heteroatoms. The number of pyridine rings is 1. The number of hydrogen-bond acceptors (Lipinski definition) is 9. The van der Waals surface area contributed by atoms with E-state index in [4.69, 9.17) is 14.0 Å². The molecule has 0 atom stereocenters. The van der Waals surface area contributed by atoms with Gasteiger partial charge in [-0.2, -0.15) is 0 Å². The van der Waals surface area contributed by atoms with Crippen LogP contribution in [0.15, 0.2) is 47.0 Å². The summed E-state index contributed by atoms with van der Waals surface area (Å²) in [5.41, 5.74) is 1.85. The number of carbonyl (C=O) groups excluding carboxylic acids is 2. The highest BCUT2D eigenvalue weighted by Gasteiger charge is 2.29. The normalized spacial score (nSPS) is 13.1. The van der Waals surface area contributed by atoms with E-state index in [-0.39, 0.29) is 12.4 Å². The van der Waals surface area contributed by atoms with Crippen LogP contribution in [0.3, 0.4) is 0 Å². The largest absolute Gasteiger partial charge is 0.479 e. The standard InChI is InChI=1S/C27H29N7O5/c1-16-21(22(32-39-16)17-9-7-6-8-10-17)24(35)28-19-12-11-18(29-25(19)37-5)23-31-30-20-15-33(13-14-34(20)23)26(36)38-27(2,3)4/h6-12H,13-15H2,1-5H3,(H,28,35). The molecule has 0 bridgehead atoms. The van der Waals surface area contributed by atoms with Gasteiger partial charge >= 0.3 is 6.09 Å². The van der Waals surface area contributed by atoms with Gasteiger partial charge in [0.25, 0.3) is 5.91 Å². The number of benzene rings is 1. The van der Waals surface area contributed by atoms with E-state index in [9.17, 15) is 9.59 Å². The number of aromatic nitrogens is 5. The zero-order valence-corrected chi connectivity index (χ0v) is 22.4. The SMILES string of the molecule is COc1nc(-c2nnc3n2CCN(C(=O)OC(C)(C)C)C3)ccc1NC(=O)c1c(-c2ccccc2)noc1C. The van der Waals surface area contributed by atoms with Crippen LogP contribution in [0.5, 0.6) is 5.88 Å². The fraction of sp³-hybridized carbons (Fsp3) is 0.333. The Balaban J connectivity index is 1.36. The van der Waals surface area contributed by atoms with Crippen molar-refractivity contribution in [2.45, 2.75) is 46.4 Å². The monoisotopic (exact) mass is 531 g/mol. The van der Waals surface area contributed by atoms with Crippen LogP contribution >= 0.6 is 0 Å². The van der Waals surface area contributed by atoms with Gasteiger partial charge in [0.2, 0.25) is 5.88 Å². The van der Waals surface area contributed by atoms with Gasteiger partial charge in [-0.25, -0.2) is 9.78 Å². The third kappa shape index (κ3) is 5.31. The third-order valence-electron chi connectivity index (χ3n) is 6.07. The molecule has 0 radical (unpaired) electrons. The molecule has 4 heterocycles. The molecular weight excluding hydrogens is 502 g/mol. The predicted molar refractivity (Wildman–Crippen MR) is 141 cm³/mol. The van der Waals surface area contributed by atoms with E-state index < -0.39 is 17.6 Å². The first-order valence-corrected chi connectivity index (χ1v) is 12.4. The van der Waals surface area contributed by atoms with Crippen LogP contribution in [0.1, 0.15) is 42.7 Å². The summed E-state index contributed by atoms with van der Waals surface area (Å²) in [6, 6.07) is 12.8. The van der Waals surface area contributed by atoms with E-state index in [1.54, 1.807) is 24.0 Å². The molecule has 2 amide bonds. The summed E-state index contributed by atoms with van der Waals surface area (Å²) >= 11 is 0. The summed E-state index contributed by atoms with van der Waals surface area (Å²) in [5, 5.41) is 15.5. The third-order valence-corrected chi connectivity index (χ3v) is 6.07. The maximum absolute atomic E-state index is 13.3. The number of nitrogens with one attached hydrogen (secondary N) is 1. The molecule has 1 aromatic carbocycles. The fourth-order valence-corrected chi connectivity index (χ4v) is 4.26. The van der Waals surface area contributed by atoms with Gasteiger partial charge in [-0.3, -0.25) is 9.69 Å². The highest BCUT2D eigenvalue weighted by Crippen LogP contribution is 2.30. The summed E-state index contributed by atoms with van der Waals surface area (Å²) in [7, 11) is 1.47. The van der Waals surface area contributed by atoms with Crippen molar-refractivity contribution >= 4 is 17.7 Å². The van der Waals surface area contributed by atoms with Crippen LogP contribution in [0, 0.1) is 6.92 Å². The average molecular weight is 532 g/mol. The Hall–Kier alpha value is -4.74. The molecule has 3 aromatic heterocycles. The number of ether oxygens (including phenoxy) is 2. The smallest absolute Gasteiger partial charge is 0.410 e. The van der Waals surface area contributed by atoms with Gasteiger partial charge < -0.3 is 23.9 Å². The minimum Gasteiger partial charge on any atom is -0.479 e. The number of aryl methyl sites for hydroxylation is 1. The van der Waals surface area contributed by atoms with Gasteiger partial charge in [0.05, 0.1) is 13.7 Å². The number of nitrogens with zero attached hydrogens (tertiary/aromatic N) is 6. The molecule has 0 spiro atoms. The van der Waals surface area contributed by atoms with Crippen molar-refractivity contribution in [3.63, 3.8) is 0 Å². The number of rotatable bonds is 5. The maximum atomic E-state index is 13.3. The molecule has 0 saturated heterocycles. The van der Waals surface area contributed by atoms with Crippen LogP contribution in [-0.4, -0.2) is 61.1 Å². The molecule has 0 fully saturated rings. The lowest BCUT2D eigenvalue weighted by molar-refractivity contribution is 0.0195. The van der Waals surface area contributed by atoms with Crippen LogP contribution in [0.2, 0.25) is 0 Å². The summed E-state index contributed by atoms with van der Waals surface area (Å²) in [5.74, 6) is 1.36. The molecule has 0 saturated carbocycles. The van der Waals surface area contributed by atoms with E-state index in [0.717, 1.165) is 5.56 Å². The van der Waals surface area contributed by atoms with Crippen molar-refractivity contribution in [1.29, 1.82) is 0 Å². The first-order valence-electron chi connectivity index (χ1n) is 12.4. The number of carbonyl (C=O) groups is 2. The van der Waals surface area contributed by atoms with E-state index in [2.05, 4.69) is 25.7 Å². The molecule has 0 unspecified atom stereocenters. The summed E-state index contributed by atoms with van der Waals surface area (Å²) in [6.45, 7) is 8.37. The average Bonchev–Trinajstić information content (AvgIpc) is 3.51. The van der Waals surface area contributed by atoms with Gasteiger partial charge in [-0.1, -0.05) is 35.5 Å². The van der Waals surface area contributed by atoms with E-state index in [1.165, 1.54) is 7.11 Å². The van der Waals surface area contributed by atoms with E-state index in [1.807, 2.05) is 55.7 Å². The van der Waals surface area contributed by atoms with E-state index >= 15 is 0 Å². The van der Waals surface area contributed by atoms with Gasteiger partial charge in [0, 0.05) is 18.7 Å². The minimum absolute atomic E-state index is 0.208. The Bertz CT molecular complexity index is 1520. The zero-order valence-electron chi connectivity index (χ0n) is 22.4. The number of hydrogen-bond donors (Lipinski definition) is 1. The number of methoxy groups -OCH3 is 1. The van der Waals surface area contributed by atoms with Crippen LogP contribution in [0.4, 0.5) is 10.5 Å². The van der Waals surface area contributed by atoms with Gasteiger partial charge in [0.15, 0.2) is 11.6 Å². The first kappa shape index (κ1) is 25.9. The van der Waals surface area contributed by atoms with Gasteiger partial charge in [-0.05, 0) is 39.8 Å². The molecule has 5 rings (SSSR count). The maximum Gasteiger partial charge on any atom is 0.410 e. The zero-order chi connectivity index (χ0) is 27.7. The van der Waals surface area contributed by atoms with Crippen LogP contribution in [0.25, 0.3) is 22.8 Å². The Kier molecular flexibility index (Phi) is 6.77. The fourth-order valence-electron chi connectivity index (χ4n) is 4.26. The molecular formula is C27H29N7O5. The van der Waals surface area contributed by atoms with Crippen molar-refractivity contribution in [2.24, 2.45) is 0 Å². The quantitative estimate of drug-likeness (QED) is 0.399. The molecule has 1 aliphatic rings. The predicted octanol–water partition coefficient (Wildman–Crippen LogP) is 4.32. The molecule has 202 valence electrons. The topological polar surface area (TPSA) is 138 Å². The molecule has 1 N–H and O–H groups in total. The summed E-state index contributed by atoms with van der Waals surface area (Å²) < 4.78 is 18.2. The first-order chi connectivity index (χ1) is 18.6. The van der Waals surface area contributed by atoms with Gasteiger partial charge in [0.1, 0.15) is 34.0 Å². The summed E-state index contributed by atoms with van der Waals surface area (Å²) in [6.07, 6.45) is -0.392. The Morgan fingerprint density at radius 1 is 1.05 bits per heavy atom. The van der Waals surface area contributed by atoms with Crippen molar-refractivity contribution in [2.75, 3.05) is 19.0 Å². The Morgan fingerprint density at radius 3 is 2.54 bits per heavy atom. The lowest BCUT2D eigenvalue weighted by atomic mass is 10.1. The minimum atomic E-state index is -0.582. The van der Waals surface area contributed by atoms with Crippen molar-refractivity contribution in [3.8, 4) is 28.7 Å². The lowest BCUT2D eigenvalue weighted by Gasteiger charge is -2.30. The number of fused-ring (bicyclic) bond motifs is 1. The molecule has 4 aromatic rings. The highest BCUT2D eigenvalue weighted by molar-refractivity contribution is 6.09. The van der Waals surface area contributed by atoms with Crippen LogP contribution in [-0.2, 0) is 17.8 Å². The second-order valence-electron chi connectivity index (χ2n) is 10.0. The Labute approximate surface area is 224 Å². The Morgan fingerprint density at radius 2 is 1.82 bits per heavy atom. The summed E-state index contributed by atoms with van der Waals surface area (Å²) in [4.78, 5) is 31.9. The van der Waals surface area contributed by atoms with Crippen LogP contribution < -0.4 is 10.1 Å².